The van der Waals surface area contributed by atoms with Crippen molar-refractivity contribution in [3.05, 3.63) is 39.4 Å². The van der Waals surface area contributed by atoms with E-state index in [0.717, 1.165) is 32.0 Å². The molecule has 6 heteroatoms. The number of likely N-dealkylation sites (tertiary alicyclic amines) is 1. The minimum absolute atomic E-state index is 0.168. The summed E-state index contributed by atoms with van der Waals surface area (Å²) in [6, 6.07) is 3.56. The highest BCUT2D eigenvalue weighted by atomic mass is 19.3. The Balaban J connectivity index is 2.02. The summed E-state index contributed by atoms with van der Waals surface area (Å²) in [7, 11) is 0. The molecular formula is C13H14F2N2O2. The van der Waals surface area contributed by atoms with E-state index in [4.69, 9.17) is 0 Å². The van der Waals surface area contributed by atoms with Crippen LogP contribution in [0, 0.1) is 10.1 Å². The highest BCUT2D eigenvalue weighted by Crippen LogP contribution is 2.50. The molecule has 19 heavy (non-hydrogen) atoms. The average Bonchev–Trinajstić information content (AvgIpc) is 2.96. The molecular weight excluding hydrogens is 254 g/mol. The van der Waals surface area contributed by atoms with Gasteiger partial charge in [0.25, 0.3) is 11.6 Å². The third-order valence-corrected chi connectivity index (χ3v) is 4.03. The lowest BCUT2D eigenvalue weighted by Crippen LogP contribution is -2.24. The number of hydrogen-bond donors (Lipinski definition) is 0. The minimum Gasteiger partial charge on any atom is -0.296 e. The van der Waals surface area contributed by atoms with Crippen LogP contribution in [0.3, 0.4) is 0 Å². The van der Waals surface area contributed by atoms with Crippen molar-refractivity contribution in [3.8, 4) is 0 Å². The van der Waals surface area contributed by atoms with Gasteiger partial charge in [-0.1, -0.05) is 6.07 Å². The van der Waals surface area contributed by atoms with Gasteiger partial charge in [0.1, 0.15) is 0 Å². The fourth-order valence-corrected chi connectivity index (χ4v) is 3.11. The van der Waals surface area contributed by atoms with Gasteiger partial charge in [-0.25, -0.2) is 8.78 Å². The Kier molecular flexibility index (Phi) is 2.78. The van der Waals surface area contributed by atoms with Crippen molar-refractivity contribution < 1.29 is 13.7 Å². The second-order valence-corrected chi connectivity index (χ2v) is 5.20. The van der Waals surface area contributed by atoms with Crippen LogP contribution in [-0.4, -0.2) is 22.9 Å². The maximum Gasteiger partial charge on any atom is 0.275 e. The lowest BCUT2D eigenvalue weighted by molar-refractivity contribution is -0.385. The van der Waals surface area contributed by atoms with Crippen LogP contribution in [0.2, 0.25) is 0 Å². The zero-order valence-corrected chi connectivity index (χ0v) is 10.3. The third-order valence-electron chi connectivity index (χ3n) is 4.03. The van der Waals surface area contributed by atoms with E-state index in [2.05, 4.69) is 4.90 Å². The Hall–Kier alpha value is -1.56. The fourth-order valence-electron chi connectivity index (χ4n) is 3.11. The van der Waals surface area contributed by atoms with Crippen LogP contribution in [0.25, 0.3) is 0 Å². The lowest BCUT2D eigenvalue weighted by Gasteiger charge is -2.23. The molecule has 1 aromatic carbocycles. The molecule has 1 saturated heterocycles. The molecule has 1 heterocycles. The first-order valence-corrected chi connectivity index (χ1v) is 6.40. The Labute approximate surface area is 109 Å². The molecule has 3 rings (SSSR count). The summed E-state index contributed by atoms with van der Waals surface area (Å²) in [6.07, 6.45) is 1.80. The fraction of sp³-hybridized carbons (Fsp3) is 0.538. The lowest BCUT2D eigenvalue weighted by atomic mass is 10.1. The molecule has 0 bridgehead atoms. The van der Waals surface area contributed by atoms with E-state index in [1.165, 1.54) is 12.1 Å². The van der Waals surface area contributed by atoms with Crippen molar-refractivity contribution in [2.45, 2.75) is 31.2 Å². The molecule has 102 valence electrons. The van der Waals surface area contributed by atoms with Gasteiger partial charge in [-0.3, -0.25) is 15.0 Å². The first-order valence-electron chi connectivity index (χ1n) is 6.40. The molecule has 4 nitrogen and oxygen atoms in total. The average molecular weight is 268 g/mol. The van der Waals surface area contributed by atoms with E-state index in [1.54, 1.807) is 0 Å². The summed E-state index contributed by atoms with van der Waals surface area (Å²) in [4.78, 5) is 12.1. The second-order valence-electron chi connectivity index (χ2n) is 5.20. The van der Waals surface area contributed by atoms with Gasteiger partial charge in [-0.15, -0.1) is 0 Å². The standard InChI is InChI=1S/C13H14F2N2O2/c14-13(15)8-12(16-5-1-2-6-16)10-4-3-9(17(18)19)7-11(10)13/h3-4,7,12H,1-2,5-6,8H2. The number of nitrogens with zero attached hydrogens (tertiary/aromatic N) is 2. The summed E-state index contributed by atoms with van der Waals surface area (Å²) in [5.74, 6) is -2.96. The van der Waals surface area contributed by atoms with E-state index in [1.807, 2.05) is 0 Å². The Morgan fingerprint density at radius 1 is 1.32 bits per heavy atom. The summed E-state index contributed by atoms with van der Waals surface area (Å²) >= 11 is 0. The predicted octanol–water partition coefficient (Wildman–Crippen LogP) is 3.23. The Bertz CT molecular complexity index is 527. The van der Waals surface area contributed by atoms with Crippen LogP contribution in [0.5, 0.6) is 0 Å². The minimum atomic E-state index is -2.96. The van der Waals surface area contributed by atoms with Crippen LogP contribution >= 0.6 is 0 Å². The highest BCUT2D eigenvalue weighted by molar-refractivity contribution is 5.46. The molecule has 2 aliphatic rings. The maximum atomic E-state index is 14.0. The number of hydrogen-bond acceptors (Lipinski definition) is 3. The van der Waals surface area contributed by atoms with E-state index in [0.29, 0.717) is 5.56 Å². The van der Waals surface area contributed by atoms with Crippen molar-refractivity contribution in [2.75, 3.05) is 13.1 Å². The number of non-ortho nitro benzene ring substituents is 1. The molecule has 0 radical (unpaired) electrons. The monoisotopic (exact) mass is 268 g/mol. The van der Waals surface area contributed by atoms with Gasteiger partial charge in [0.15, 0.2) is 0 Å². The molecule has 1 aromatic rings. The van der Waals surface area contributed by atoms with Gasteiger partial charge in [-0.05, 0) is 31.5 Å². The number of fused-ring (bicyclic) bond motifs is 1. The highest BCUT2D eigenvalue weighted by Gasteiger charge is 2.47. The van der Waals surface area contributed by atoms with Gasteiger partial charge >= 0.3 is 0 Å². The molecule has 1 aliphatic carbocycles. The molecule has 1 fully saturated rings. The van der Waals surface area contributed by atoms with E-state index in [-0.39, 0.29) is 23.7 Å². The molecule has 1 atom stereocenters. The van der Waals surface area contributed by atoms with Crippen LogP contribution in [0.15, 0.2) is 18.2 Å². The molecule has 0 N–H and O–H groups in total. The van der Waals surface area contributed by atoms with Crippen molar-refractivity contribution in [2.24, 2.45) is 0 Å². The van der Waals surface area contributed by atoms with Crippen molar-refractivity contribution in [1.82, 2.24) is 4.90 Å². The topological polar surface area (TPSA) is 46.4 Å². The second kappa shape index (κ2) is 4.23. The summed E-state index contributed by atoms with van der Waals surface area (Å²) < 4.78 is 28.1. The van der Waals surface area contributed by atoms with Crippen LogP contribution in [-0.2, 0) is 5.92 Å². The molecule has 1 aliphatic heterocycles. The SMILES string of the molecule is O=[N+]([O-])c1ccc2c(c1)C(F)(F)CC2N1CCCC1. The van der Waals surface area contributed by atoms with E-state index in [9.17, 15) is 18.9 Å². The summed E-state index contributed by atoms with van der Waals surface area (Å²) in [5.41, 5.74) is 0.122. The molecule has 0 aromatic heterocycles. The van der Waals surface area contributed by atoms with Crippen LogP contribution in [0.1, 0.15) is 36.4 Å². The molecule has 0 amide bonds. The smallest absolute Gasteiger partial charge is 0.275 e. The zero-order chi connectivity index (χ0) is 13.6. The third kappa shape index (κ3) is 2.00. The van der Waals surface area contributed by atoms with Crippen molar-refractivity contribution in [1.29, 1.82) is 0 Å². The van der Waals surface area contributed by atoms with Gasteiger partial charge in [0, 0.05) is 30.2 Å². The Morgan fingerprint density at radius 2 is 2.00 bits per heavy atom. The number of nitro benzene ring substituents is 1. The maximum absolute atomic E-state index is 14.0. The van der Waals surface area contributed by atoms with Gasteiger partial charge in [0.2, 0.25) is 0 Å². The number of alkyl halides is 2. The van der Waals surface area contributed by atoms with Crippen molar-refractivity contribution in [3.63, 3.8) is 0 Å². The number of nitro groups is 1. The normalized spacial score (nSPS) is 25.5. The Morgan fingerprint density at radius 3 is 2.63 bits per heavy atom. The number of halogens is 2. The van der Waals surface area contributed by atoms with E-state index < -0.39 is 10.8 Å². The predicted molar refractivity (Wildman–Crippen MR) is 65.2 cm³/mol. The van der Waals surface area contributed by atoms with Crippen LogP contribution < -0.4 is 0 Å². The summed E-state index contributed by atoms with van der Waals surface area (Å²) in [5, 5.41) is 10.7. The first kappa shape index (κ1) is 12.5. The van der Waals surface area contributed by atoms with Crippen LogP contribution in [0.4, 0.5) is 14.5 Å². The van der Waals surface area contributed by atoms with Gasteiger partial charge < -0.3 is 0 Å². The zero-order valence-electron chi connectivity index (χ0n) is 10.3. The largest absolute Gasteiger partial charge is 0.296 e. The van der Waals surface area contributed by atoms with Crippen molar-refractivity contribution >= 4 is 5.69 Å². The summed E-state index contributed by atoms with van der Waals surface area (Å²) in [6.45, 7) is 1.66. The van der Waals surface area contributed by atoms with E-state index >= 15 is 0 Å². The number of rotatable bonds is 2. The number of benzene rings is 1. The van der Waals surface area contributed by atoms with Gasteiger partial charge in [-0.2, -0.15) is 0 Å². The molecule has 0 saturated carbocycles. The first-order chi connectivity index (χ1) is 8.99. The van der Waals surface area contributed by atoms with Gasteiger partial charge in [0.05, 0.1) is 4.92 Å². The molecule has 1 unspecified atom stereocenters. The molecule has 0 spiro atoms. The quantitative estimate of drug-likeness (QED) is 0.611.